The molecule has 0 saturated carbocycles. The number of pyridine rings is 1. The Balaban J connectivity index is 2.07. The highest BCUT2D eigenvalue weighted by atomic mass is 19.4. The molecule has 0 fully saturated rings. The third kappa shape index (κ3) is 5.07. The lowest BCUT2D eigenvalue weighted by molar-refractivity contribution is -0.384. The van der Waals surface area contributed by atoms with Gasteiger partial charge in [0.25, 0.3) is 5.69 Å². The second-order valence-electron chi connectivity index (χ2n) is 4.68. The quantitative estimate of drug-likeness (QED) is 0.491. The van der Waals surface area contributed by atoms with Crippen LogP contribution in [0.2, 0.25) is 0 Å². The van der Waals surface area contributed by atoms with Crippen LogP contribution >= 0.6 is 0 Å². The van der Waals surface area contributed by atoms with Crippen LogP contribution in [-0.2, 0) is 6.54 Å². The summed E-state index contributed by atoms with van der Waals surface area (Å²) in [6, 6.07) is 5.67. The van der Waals surface area contributed by atoms with E-state index in [-0.39, 0.29) is 23.8 Å². The standard InChI is InChI=1S/C14H11F4N3O3/c15-10-1-2-12(21(22)23)11(6-10)20-7-9-3-4-19-13(5-9)24-8-14(16,17)18/h1-6,20H,7-8H2. The van der Waals surface area contributed by atoms with Crippen LogP contribution in [0.3, 0.4) is 0 Å². The van der Waals surface area contributed by atoms with E-state index in [0.717, 1.165) is 18.2 Å². The predicted octanol–water partition coefficient (Wildman–Crippen LogP) is 3.68. The van der Waals surface area contributed by atoms with E-state index in [4.69, 9.17) is 0 Å². The van der Waals surface area contributed by atoms with E-state index in [0.29, 0.717) is 5.56 Å². The number of halogens is 4. The Kier molecular flexibility index (Phi) is 5.17. The third-order valence-electron chi connectivity index (χ3n) is 2.82. The fourth-order valence-electron chi connectivity index (χ4n) is 1.80. The first-order chi connectivity index (χ1) is 11.2. The van der Waals surface area contributed by atoms with Crippen molar-refractivity contribution >= 4 is 11.4 Å². The Morgan fingerprint density at radius 3 is 2.67 bits per heavy atom. The fourth-order valence-corrected chi connectivity index (χ4v) is 1.80. The Labute approximate surface area is 133 Å². The van der Waals surface area contributed by atoms with Gasteiger partial charge in [-0.3, -0.25) is 10.1 Å². The SMILES string of the molecule is O=[N+]([O-])c1ccc(F)cc1NCc1ccnc(OCC(F)(F)F)c1. The highest BCUT2D eigenvalue weighted by Crippen LogP contribution is 2.25. The first-order valence-corrected chi connectivity index (χ1v) is 6.57. The number of hydrogen-bond donors (Lipinski definition) is 1. The monoisotopic (exact) mass is 345 g/mol. The first-order valence-electron chi connectivity index (χ1n) is 6.57. The van der Waals surface area contributed by atoms with Crippen molar-refractivity contribution in [3.8, 4) is 5.88 Å². The molecule has 0 spiro atoms. The summed E-state index contributed by atoms with van der Waals surface area (Å²) in [6.07, 6.45) is -3.25. The highest BCUT2D eigenvalue weighted by molar-refractivity contribution is 5.61. The summed E-state index contributed by atoms with van der Waals surface area (Å²) in [5.74, 6) is -0.896. The minimum Gasteiger partial charge on any atom is -0.468 e. The molecule has 1 heterocycles. The molecule has 1 aromatic heterocycles. The molecule has 0 unspecified atom stereocenters. The average Bonchev–Trinajstić information content (AvgIpc) is 2.50. The number of nitrogens with one attached hydrogen (secondary N) is 1. The van der Waals surface area contributed by atoms with E-state index in [1.165, 1.54) is 18.3 Å². The summed E-state index contributed by atoms with van der Waals surface area (Å²) in [5, 5.41) is 13.5. The number of ether oxygens (including phenoxy) is 1. The minimum atomic E-state index is -4.49. The maximum atomic E-state index is 13.2. The molecule has 1 N–H and O–H groups in total. The van der Waals surface area contributed by atoms with Gasteiger partial charge >= 0.3 is 6.18 Å². The molecular weight excluding hydrogens is 334 g/mol. The lowest BCUT2D eigenvalue weighted by atomic mass is 10.2. The largest absolute Gasteiger partial charge is 0.468 e. The van der Waals surface area contributed by atoms with Crippen LogP contribution in [0.4, 0.5) is 28.9 Å². The lowest BCUT2D eigenvalue weighted by Crippen LogP contribution is -2.19. The van der Waals surface area contributed by atoms with Crippen LogP contribution < -0.4 is 10.1 Å². The molecule has 128 valence electrons. The van der Waals surface area contributed by atoms with Crippen LogP contribution in [0.1, 0.15) is 5.56 Å². The Morgan fingerprint density at radius 1 is 1.25 bits per heavy atom. The van der Waals surface area contributed by atoms with Crippen LogP contribution in [0.25, 0.3) is 0 Å². The van der Waals surface area contributed by atoms with E-state index in [2.05, 4.69) is 15.0 Å². The van der Waals surface area contributed by atoms with Gasteiger partial charge in [0.2, 0.25) is 5.88 Å². The van der Waals surface area contributed by atoms with Crippen LogP contribution in [0.15, 0.2) is 36.5 Å². The van der Waals surface area contributed by atoms with Crippen LogP contribution in [-0.4, -0.2) is 22.7 Å². The Morgan fingerprint density at radius 2 is 2.00 bits per heavy atom. The van der Waals surface area contributed by atoms with Crippen molar-refractivity contribution in [3.63, 3.8) is 0 Å². The van der Waals surface area contributed by atoms with E-state index < -0.39 is 23.5 Å². The first kappa shape index (κ1) is 17.4. The molecule has 2 aromatic rings. The maximum absolute atomic E-state index is 13.2. The summed E-state index contributed by atoms with van der Waals surface area (Å²) in [4.78, 5) is 13.8. The van der Waals surface area contributed by atoms with Crippen LogP contribution in [0, 0.1) is 15.9 Å². The van der Waals surface area contributed by atoms with E-state index >= 15 is 0 Å². The van der Waals surface area contributed by atoms with Crippen molar-refractivity contribution < 1.29 is 27.2 Å². The number of aromatic nitrogens is 1. The molecular formula is C14H11F4N3O3. The predicted molar refractivity (Wildman–Crippen MR) is 76.2 cm³/mol. The fraction of sp³-hybridized carbons (Fsp3) is 0.214. The third-order valence-corrected chi connectivity index (χ3v) is 2.82. The number of nitrogens with zero attached hydrogens (tertiary/aromatic N) is 2. The van der Waals surface area contributed by atoms with Gasteiger partial charge in [-0.1, -0.05) is 0 Å². The molecule has 10 heteroatoms. The number of rotatable bonds is 6. The van der Waals surface area contributed by atoms with Gasteiger partial charge in [0, 0.05) is 30.9 Å². The minimum absolute atomic E-state index is 0.00912. The van der Waals surface area contributed by atoms with E-state index in [9.17, 15) is 27.7 Å². The number of hydrogen-bond acceptors (Lipinski definition) is 5. The van der Waals surface area contributed by atoms with Crippen molar-refractivity contribution in [2.24, 2.45) is 0 Å². The number of alkyl halides is 3. The lowest BCUT2D eigenvalue weighted by Gasteiger charge is -2.10. The van der Waals surface area contributed by atoms with Gasteiger partial charge in [-0.15, -0.1) is 0 Å². The van der Waals surface area contributed by atoms with Crippen molar-refractivity contribution in [2.75, 3.05) is 11.9 Å². The number of nitro groups is 1. The molecule has 0 amide bonds. The van der Waals surface area contributed by atoms with Gasteiger partial charge in [0.1, 0.15) is 11.5 Å². The zero-order valence-electron chi connectivity index (χ0n) is 12.0. The van der Waals surface area contributed by atoms with Gasteiger partial charge < -0.3 is 10.1 Å². The van der Waals surface area contributed by atoms with Crippen LogP contribution in [0.5, 0.6) is 5.88 Å². The summed E-state index contributed by atoms with van der Waals surface area (Å²) < 4.78 is 54.0. The second kappa shape index (κ2) is 7.11. The molecule has 2 rings (SSSR count). The molecule has 0 aliphatic carbocycles. The molecule has 1 aromatic carbocycles. The smallest absolute Gasteiger partial charge is 0.422 e. The highest BCUT2D eigenvalue weighted by Gasteiger charge is 2.28. The molecule has 0 saturated heterocycles. The summed E-state index contributed by atoms with van der Waals surface area (Å²) >= 11 is 0. The Bertz CT molecular complexity index is 737. The molecule has 6 nitrogen and oxygen atoms in total. The number of anilines is 1. The van der Waals surface area contributed by atoms with Gasteiger partial charge in [0.15, 0.2) is 6.61 Å². The summed E-state index contributed by atoms with van der Waals surface area (Å²) in [5.41, 5.74) is 0.0920. The van der Waals surface area contributed by atoms with E-state index in [1.807, 2.05) is 0 Å². The molecule has 0 radical (unpaired) electrons. The van der Waals surface area contributed by atoms with Crippen molar-refractivity contribution in [3.05, 3.63) is 58.0 Å². The van der Waals surface area contributed by atoms with Crippen molar-refractivity contribution in [2.45, 2.75) is 12.7 Å². The van der Waals surface area contributed by atoms with Gasteiger partial charge in [-0.05, 0) is 17.7 Å². The number of nitro benzene ring substituents is 1. The zero-order chi connectivity index (χ0) is 17.7. The van der Waals surface area contributed by atoms with Gasteiger partial charge in [-0.2, -0.15) is 13.2 Å². The molecule has 0 aliphatic heterocycles. The van der Waals surface area contributed by atoms with Crippen molar-refractivity contribution in [1.29, 1.82) is 0 Å². The van der Waals surface area contributed by atoms with Gasteiger partial charge in [0.05, 0.1) is 4.92 Å². The average molecular weight is 345 g/mol. The summed E-state index contributed by atoms with van der Waals surface area (Å²) in [7, 11) is 0. The summed E-state index contributed by atoms with van der Waals surface area (Å²) in [6.45, 7) is -1.47. The molecule has 0 aliphatic rings. The molecule has 24 heavy (non-hydrogen) atoms. The maximum Gasteiger partial charge on any atom is 0.422 e. The number of benzene rings is 1. The normalized spacial score (nSPS) is 11.2. The van der Waals surface area contributed by atoms with Gasteiger partial charge in [-0.25, -0.2) is 9.37 Å². The second-order valence-corrected chi connectivity index (χ2v) is 4.68. The Hall–Kier alpha value is -2.91. The zero-order valence-corrected chi connectivity index (χ0v) is 12.0. The van der Waals surface area contributed by atoms with Crippen molar-refractivity contribution in [1.82, 2.24) is 4.98 Å². The topological polar surface area (TPSA) is 77.3 Å². The van der Waals surface area contributed by atoms with E-state index in [1.54, 1.807) is 0 Å². The molecule has 0 atom stereocenters. The molecule has 0 bridgehead atoms.